The second-order valence-corrected chi connectivity index (χ2v) is 6.89. The van der Waals surface area contributed by atoms with Crippen molar-refractivity contribution in [1.29, 1.82) is 0 Å². The summed E-state index contributed by atoms with van der Waals surface area (Å²) < 4.78 is 41.2. The van der Waals surface area contributed by atoms with Gasteiger partial charge < -0.3 is 5.32 Å². The molecule has 0 atom stereocenters. The summed E-state index contributed by atoms with van der Waals surface area (Å²) in [6, 6.07) is 0. The van der Waals surface area contributed by atoms with Gasteiger partial charge in [0.05, 0.1) is 33.7 Å². The van der Waals surface area contributed by atoms with Gasteiger partial charge in [0.25, 0.3) is 0 Å². The molecule has 0 aliphatic heterocycles. The monoisotopic (exact) mass is 425 g/mol. The molecular formula is C16H20Cl2F3N5O. The average Bonchev–Trinajstić information content (AvgIpc) is 3.01. The maximum absolute atomic E-state index is 12.8. The Kier molecular flexibility index (Phi) is 6.80. The van der Waals surface area contributed by atoms with E-state index in [1.54, 1.807) is 4.68 Å². The van der Waals surface area contributed by atoms with Gasteiger partial charge in [0.1, 0.15) is 0 Å². The molecule has 0 bridgehead atoms. The van der Waals surface area contributed by atoms with Crippen LogP contribution in [0, 0.1) is 20.8 Å². The number of amides is 1. The van der Waals surface area contributed by atoms with Crippen LogP contribution in [0.4, 0.5) is 13.2 Å². The van der Waals surface area contributed by atoms with Gasteiger partial charge in [-0.1, -0.05) is 23.2 Å². The Bertz CT molecular complexity index is 829. The molecule has 0 unspecified atom stereocenters. The molecule has 0 fully saturated rings. The van der Waals surface area contributed by atoms with E-state index in [0.717, 1.165) is 16.1 Å². The summed E-state index contributed by atoms with van der Waals surface area (Å²) in [5.41, 5.74) is 0.667. The number of carbonyl (C=O) groups excluding carboxylic acids is 1. The third-order valence-corrected chi connectivity index (χ3v) is 5.11. The van der Waals surface area contributed by atoms with Crippen LogP contribution < -0.4 is 5.32 Å². The van der Waals surface area contributed by atoms with E-state index in [0.29, 0.717) is 24.5 Å². The number of halogens is 5. The van der Waals surface area contributed by atoms with Crippen LogP contribution in [-0.2, 0) is 24.1 Å². The molecule has 1 N–H and O–H groups in total. The predicted octanol–water partition coefficient (Wildman–Crippen LogP) is 3.93. The molecule has 2 heterocycles. The van der Waals surface area contributed by atoms with Gasteiger partial charge in [-0.2, -0.15) is 23.4 Å². The standard InChI is InChI=1S/C16H20Cl2F3N5O/c1-9-13(17)10(2)25(23-9)7-4-6-22-12(27)5-8-26-11(3)14(18)15(24-26)16(19,20)21/h4-8H2,1-3H3,(H,22,27). The number of rotatable bonds is 7. The number of carbonyl (C=O) groups is 1. The highest BCUT2D eigenvalue weighted by Crippen LogP contribution is 2.35. The van der Waals surface area contributed by atoms with Crippen molar-refractivity contribution in [2.24, 2.45) is 0 Å². The quantitative estimate of drug-likeness (QED) is 0.683. The van der Waals surface area contributed by atoms with Crippen molar-refractivity contribution < 1.29 is 18.0 Å². The number of nitrogens with one attached hydrogen (secondary N) is 1. The van der Waals surface area contributed by atoms with Gasteiger partial charge in [0.15, 0.2) is 5.69 Å². The van der Waals surface area contributed by atoms with Gasteiger partial charge in [-0.15, -0.1) is 0 Å². The number of alkyl halides is 3. The molecule has 0 spiro atoms. The first-order valence-corrected chi connectivity index (χ1v) is 9.04. The van der Waals surface area contributed by atoms with E-state index in [9.17, 15) is 18.0 Å². The van der Waals surface area contributed by atoms with E-state index in [1.165, 1.54) is 6.92 Å². The van der Waals surface area contributed by atoms with Crippen LogP contribution in [0.15, 0.2) is 0 Å². The molecule has 0 saturated heterocycles. The van der Waals surface area contributed by atoms with Crippen molar-refractivity contribution >= 4 is 29.1 Å². The van der Waals surface area contributed by atoms with Gasteiger partial charge in [-0.25, -0.2) is 0 Å². The number of aromatic nitrogens is 4. The molecule has 6 nitrogen and oxygen atoms in total. The second kappa shape index (κ2) is 8.52. The summed E-state index contributed by atoms with van der Waals surface area (Å²) in [6.45, 7) is 6.15. The lowest BCUT2D eigenvalue weighted by atomic mass is 10.3. The Hall–Kier alpha value is -1.74. The fourth-order valence-electron chi connectivity index (χ4n) is 2.57. The van der Waals surface area contributed by atoms with Crippen molar-refractivity contribution in [2.75, 3.05) is 6.54 Å². The molecule has 0 aliphatic carbocycles. The maximum atomic E-state index is 12.8. The van der Waals surface area contributed by atoms with E-state index in [1.807, 2.05) is 13.8 Å². The fraction of sp³-hybridized carbons (Fsp3) is 0.562. The summed E-state index contributed by atoms with van der Waals surface area (Å²) in [6.07, 6.45) is -3.97. The summed E-state index contributed by atoms with van der Waals surface area (Å²) in [7, 11) is 0. The van der Waals surface area contributed by atoms with Crippen LogP contribution in [0.3, 0.4) is 0 Å². The second-order valence-electron chi connectivity index (χ2n) is 6.13. The smallest absolute Gasteiger partial charge is 0.356 e. The number of aryl methyl sites for hydroxylation is 3. The molecule has 0 aromatic carbocycles. The van der Waals surface area contributed by atoms with E-state index in [4.69, 9.17) is 23.2 Å². The lowest BCUT2D eigenvalue weighted by molar-refractivity contribution is -0.141. The van der Waals surface area contributed by atoms with Crippen LogP contribution in [0.5, 0.6) is 0 Å². The largest absolute Gasteiger partial charge is 0.436 e. The zero-order valence-electron chi connectivity index (χ0n) is 15.1. The molecule has 11 heteroatoms. The molecule has 1 amide bonds. The van der Waals surface area contributed by atoms with E-state index in [-0.39, 0.29) is 24.6 Å². The van der Waals surface area contributed by atoms with Crippen LogP contribution in [0.1, 0.15) is 35.6 Å². The van der Waals surface area contributed by atoms with Crippen LogP contribution in [-0.4, -0.2) is 32.0 Å². The van der Waals surface area contributed by atoms with Gasteiger partial charge in [0, 0.05) is 19.5 Å². The Morgan fingerprint density at radius 1 is 1.04 bits per heavy atom. The molecule has 0 radical (unpaired) electrons. The Morgan fingerprint density at radius 3 is 2.15 bits per heavy atom. The highest BCUT2D eigenvalue weighted by atomic mass is 35.5. The van der Waals surface area contributed by atoms with E-state index < -0.39 is 16.9 Å². The van der Waals surface area contributed by atoms with Gasteiger partial charge >= 0.3 is 6.18 Å². The fourth-order valence-corrected chi connectivity index (χ4v) is 2.95. The van der Waals surface area contributed by atoms with Crippen molar-refractivity contribution in [3.8, 4) is 0 Å². The first-order chi connectivity index (χ1) is 12.5. The topological polar surface area (TPSA) is 64.7 Å². The number of hydrogen-bond acceptors (Lipinski definition) is 3. The highest BCUT2D eigenvalue weighted by molar-refractivity contribution is 6.32. The zero-order chi connectivity index (χ0) is 20.4. The molecular weight excluding hydrogens is 406 g/mol. The van der Waals surface area contributed by atoms with Crippen LogP contribution in [0.2, 0.25) is 10.0 Å². The SMILES string of the molecule is Cc1nn(CCCNC(=O)CCn2nc(C(F)(F)F)c(Cl)c2C)c(C)c1Cl. The molecule has 27 heavy (non-hydrogen) atoms. The Morgan fingerprint density at radius 2 is 1.63 bits per heavy atom. The number of hydrogen-bond donors (Lipinski definition) is 1. The van der Waals surface area contributed by atoms with Crippen LogP contribution >= 0.6 is 23.2 Å². The maximum Gasteiger partial charge on any atom is 0.436 e. The van der Waals surface area contributed by atoms with Gasteiger partial charge in [-0.05, 0) is 27.2 Å². The Labute approximate surface area is 164 Å². The minimum Gasteiger partial charge on any atom is -0.356 e. The molecule has 150 valence electrons. The molecule has 2 aromatic rings. The molecule has 0 saturated carbocycles. The minimum atomic E-state index is -4.62. The van der Waals surface area contributed by atoms with Crippen LogP contribution in [0.25, 0.3) is 0 Å². The average molecular weight is 426 g/mol. The van der Waals surface area contributed by atoms with Crippen molar-refractivity contribution in [1.82, 2.24) is 24.9 Å². The lowest BCUT2D eigenvalue weighted by Gasteiger charge is -2.08. The highest BCUT2D eigenvalue weighted by Gasteiger charge is 2.38. The van der Waals surface area contributed by atoms with E-state index in [2.05, 4.69) is 15.5 Å². The first kappa shape index (κ1) is 21.6. The third-order valence-electron chi connectivity index (χ3n) is 4.11. The number of nitrogens with zero attached hydrogens (tertiary/aromatic N) is 4. The van der Waals surface area contributed by atoms with Gasteiger partial charge in [0.2, 0.25) is 5.91 Å². The molecule has 0 aliphatic rings. The van der Waals surface area contributed by atoms with Crippen molar-refractivity contribution in [2.45, 2.75) is 52.9 Å². The lowest BCUT2D eigenvalue weighted by Crippen LogP contribution is -2.26. The summed E-state index contributed by atoms with van der Waals surface area (Å²) in [5, 5.41) is 10.7. The minimum absolute atomic E-state index is 0.00187. The summed E-state index contributed by atoms with van der Waals surface area (Å²) in [4.78, 5) is 11.9. The van der Waals surface area contributed by atoms with E-state index >= 15 is 0 Å². The first-order valence-electron chi connectivity index (χ1n) is 8.28. The molecule has 2 rings (SSSR count). The Balaban J connectivity index is 1.79. The zero-order valence-corrected chi connectivity index (χ0v) is 16.6. The third kappa shape index (κ3) is 5.16. The van der Waals surface area contributed by atoms with Gasteiger partial charge in [-0.3, -0.25) is 14.2 Å². The van der Waals surface area contributed by atoms with Crippen molar-refractivity contribution in [3.05, 3.63) is 32.8 Å². The predicted molar refractivity (Wildman–Crippen MR) is 95.9 cm³/mol. The normalized spacial score (nSPS) is 11.9. The van der Waals surface area contributed by atoms with Crippen molar-refractivity contribution in [3.63, 3.8) is 0 Å². The summed E-state index contributed by atoms with van der Waals surface area (Å²) >= 11 is 11.8. The summed E-state index contributed by atoms with van der Waals surface area (Å²) in [5.74, 6) is -0.277. The molecule has 2 aromatic heterocycles.